The van der Waals surface area contributed by atoms with Crippen molar-refractivity contribution in [2.45, 2.75) is 39.5 Å². The summed E-state index contributed by atoms with van der Waals surface area (Å²) in [7, 11) is 0. The Morgan fingerprint density at radius 2 is 2.18 bits per heavy atom. The summed E-state index contributed by atoms with van der Waals surface area (Å²) in [5, 5.41) is 6.68. The fourth-order valence-electron chi connectivity index (χ4n) is 1.89. The molecule has 0 aliphatic carbocycles. The second kappa shape index (κ2) is 6.91. The highest BCUT2D eigenvalue weighted by molar-refractivity contribution is 9.10. The van der Waals surface area contributed by atoms with Crippen LogP contribution in [0.1, 0.15) is 43.5 Å². The Balaban J connectivity index is 1.95. The van der Waals surface area contributed by atoms with E-state index in [0.717, 1.165) is 10.0 Å². The molecule has 0 unspecified atom stereocenters. The van der Waals surface area contributed by atoms with Crippen LogP contribution in [0.4, 0.5) is 11.4 Å². The molecule has 22 heavy (non-hydrogen) atoms. The summed E-state index contributed by atoms with van der Waals surface area (Å²) in [5.74, 6) is 1.18. The number of carbonyl (C=O) groups is 1. The van der Waals surface area contributed by atoms with Gasteiger partial charge in [0.15, 0.2) is 5.82 Å². The number of rotatable bonds is 5. The molecule has 6 nitrogen and oxygen atoms in total. The third-order valence-electron chi connectivity index (χ3n) is 3.19. The summed E-state index contributed by atoms with van der Waals surface area (Å²) in [6, 6.07) is 3.68. The molecule has 7 heteroatoms. The van der Waals surface area contributed by atoms with Crippen LogP contribution >= 0.6 is 15.9 Å². The van der Waals surface area contributed by atoms with E-state index in [2.05, 4.69) is 31.4 Å². The van der Waals surface area contributed by atoms with Crippen LogP contribution in [0, 0.1) is 6.92 Å². The molecule has 0 aliphatic rings. The van der Waals surface area contributed by atoms with Gasteiger partial charge in [-0.1, -0.05) is 34.9 Å². The maximum atomic E-state index is 12.0. The predicted octanol–water partition coefficient (Wildman–Crippen LogP) is 3.42. The van der Waals surface area contributed by atoms with Crippen LogP contribution in [0.3, 0.4) is 0 Å². The van der Waals surface area contributed by atoms with Gasteiger partial charge >= 0.3 is 0 Å². The summed E-state index contributed by atoms with van der Waals surface area (Å²) in [5.41, 5.74) is 8.04. The Labute approximate surface area is 137 Å². The minimum Gasteiger partial charge on any atom is -0.397 e. The van der Waals surface area contributed by atoms with E-state index in [9.17, 15) is 4.79 Å². The van der Waals surface area contributed by atoms with E-state index in [0.29, 0.717) is 29.5 Å². The lowest BCUT2D eigenvalue weighted by atomic mass is 10.1. The van der Waals surface area contributed by atoms with Gasteiger partial charge in [0.1, 0.15) is 0 Å². The van der Waals surface area contributed by atoms with Gasteiger partial charge in [0.05, 0.1) is 11.4 Å². The molecule has 0 atom stereocenters. The number of amides is 1. The van der Waals surface area contributed by atoms with Crippen molar-refractivity contribution >= 4 is 33.2 Å². The van der Waals surface area contributed by atoms with Crippen LogP contribution < -0.4 is 11.1 Å². The number of nitrogen functional groups attached to an aromatic ring is 1. The van der Waals surface area contributed by atoms with Crippen LogP contribution in [-0.2, 0) is 11.2 Å². The number of aromatic nitrogens is 2. The first-order valence-corrected chi connectivity index (χ1v) is 7.84. The van der Waals surface area contributed by atoms with E-state index >= 15 is 0 Å². The van der Waals surface area contributed by atoms with E-state index < -0.39 is 0 Å². The van der Waals surface area contributed by atoms with Crippen LogP contribution in [0.5, 0.6) is 0 Å². The maximum Gasteiger partial charge on any atom is 0.227 e. The van der Waals surface area contributed by atoms with Gasteiger partial charge in [-0.3, -0.25) is 4.79 Å². The van der Waals surface area contributed by atoms with Crippen LogP contribution in [0.25, 0.3) is 0 Å². The third-order valence-corrected chi connectivity index (χ3v) is 3.65. The summed E-state index contributed by atoms with van der Waals surface area (Å²) in [6.45, 7) is 5.86. The molecule has 1 aromatic carbocycles. The quantitative estimate of drug-likeness (QED) is 0.790. The Hall–Kier alpha value is -1.89. The predicted molar refractivity (Wildman–Crippen MR) is 88.6 cm³/mol. The SMILES string of the molecule is Cc1cc(Br)cc(NC(=O)CCc2nc(C(C)C)no2)c1N. The summed E-state index contributed by atoms with van der Waals surface area (Å²) in [6.07, 6.45) is 0.656. The molecule has 118 valence electrons. The fraction of sp³-hybridized carbons (Fsp3) is 0.400. The van der Waals surface area contributed by atoms with Crippen molar-refractivity contribution in [1.29, 1.82) is 0 Å². The van der Waals surface area contributed by atoms with Gasteiger partial charge in [0.25, 0.3) is 0 Å². The molecule has 0 aliphatic heterocycles. The average Bonchev–Trinajstić information content (AvgIpc) is 2.91. The van der Waals surface area contributed by atoms with Crippen molar-refractivity contribution in [3.8, 4) is 0 Å². The first kappa shape index (κ1) is 16.5. The Morgan fingerprint density at radius 3 is 2.82 bits per heavy atom. The highest BCUT2D eigenvalue weighted by Gasteiger charge is 2.13. The normalized spacial score (nSPS) is 11.0. The smallest absolute Gasteiger partial charge is 0.227 e. The number of aryl methyl sites for hydroxylation is 2. The number of hydrogen-bond donors (Lipinski definition) is 2. The molecular formula is C15H19BrN4O2. The van der Waals surface area contributed by atoms with E-state index in [4.69, 9.17) is 10.3 Å². The maximum absolute atomic E-state index is 12.0. The molecule has 1 heterocycles. The molecule has 2 aromatic rings. The second-order valence-electron chi connectivity index (χ2n) is 5.43. The molecule has 0 saturated carbocycles. The van der Waals surface area contributed by atoms with Crippen LogP contribution in [-0.4, -0.2) is 16.0 Å². The molecule has 2 rings (SSSR count). The molecular weight excluding hydrogens is 348 g/mol. The largest absolute Gasteiger partial charge is 0.397 e. The fourth-order valence-corrected chi connectivity index (χ4v) is 2.47. The van der Waals surface area contributed by atoms with Gasteiger partial charge in [-0.05, 0) is 24.6 Å². The minimum atomic E-state index is -0.145. The lowest BCUT2D eigenvalue weighted by molar-refractivity contribution is -0.116. The Morgan fingerprint density at radius 1 is 1.45 bits per heavy atom. The summed E-state index contributed by atoms with van der Waals surface area (Å²) in [4.78, 5) is 16.3. The summed E-state index contributed by atoms with van der Waals surface area (Å²) < 4.78 is 5.98. The minimum absolute atomic E-state index is 0.145. The van der Waals surface area contributed by atoms with Crippen molar-refractivity contribution in [2.24, 2.45) is 0 Å². The molecule has 0 spiro atoms. The molecule has 0 fully saturated rings. The van der Waals surface area contributed by atoms with E-state index in [1.807, 2.05) is 26.8 Å². The van der Waals surface area contributed by atoms with Crippen molar-refractivity contribution in [1.82, 2.24) is 10.1 Å². The van der Waals surface area contributed by atoms with E-state index in [1.165, 1.54) is 0 Å². The first-order chi connectivity index (χ1) is 10.4. The van der Waals surface area contributed by atoms with E-state index in [1.54, 1.807) is 6.07 Å². The van der Waals surface area contributed by atoms with Crippen molar-refractivity contribution < 1.29 is 9.32 Å². The lowest BCUT2D eigenvalue weighted by Gasteiger charge is -2.10. The zero-order chi connectivity index (χ0) is 16.3. The second-order valence-corrected chi connectivity index (χ2v) is 6.35. The van der Waals surface area contributed by atoms with Gasteiger partial charge in [0.2, 0.25) is 11.8 Å². The first-order valence-electron chi connectivity index (χ1n) is 7.04. The molecule has 0 radical (unpaired) electrons. The molecule has 0 bridgehead atoms. The van der Waals surface area contributed by atoms with Gasteiger partial charge in [-0.25, -0.2) is 0 Å². The van der Waals surface area contributed by atoms with Crippen LogP contribution in [0.2, 0.25) is 0 Å². The summed E-state index contributed by atoms with van der Waals surface area (Å²) >= 11 is 3.39. The number of halogens is 1. The molecule has 1 amide bonds. The highest BCUT2D eigenvalue weighted by Crippen LogP contribution is 2.27. The molecule has 3 N–H and O–H groups in total. The number of nitrogens with one attached hydrogen (secondary N) is 1. The van der Waals surface area contributed by atoms with Crippen molar-refractivity contribution in [3.63, 3.8) is 0 Å². The third kappa shape index (κ3) is 4.07. The monoisotopic (exact) mass is 366 g/mol. The number of hydrogen-bond acceptors (Lipinski definition) is 5. The number of nitrogens with two attached hydrogens (primary N) is 1. The highest BCUT2D eigenvalue weighted by atomic mass is 79.9. The number of benzene rings is 1. The number of anilines is 2. The van der Waals surface area contributed by atoms with Crippen molar-refractivity contribution in [2.75, 3.05) is 11.1 Å². The zero-order valence-corrected chi connectivity index (χ0v) is 14.4. The topological polar surface area (TPSA) is 94.0 Å². The average molecular weight is 367 g/mol. The van der Waals surface area contributed by atoms with Gasteiger partial charge in [0, 0.05) is 23.2 Å². The number of nitrogens with zero attached hydrogens (tertiary/aromatic N) is 2. The van der Waals surface area contributed by atoms with Gasteiger partial charge in [-0.2, -0.15) is 4.98 Å². The number of carbonyl (C=O) groups excluding carboxylic acids is 1. The van der Waals surface area contributed by atoms with E-state index in [-0.39, 0.29) is 18.2 Å². The zero-order valence-electron chi connectivity index (χ0n) is 12.8. The Bertz CT molecular complexity index is 682. The van der Waals surface area contributed by atoms with Gasteiger partial charge in [-0.15, -0.1) is 0 Å². The standard InChI is InChI=1S/C15H19BrN4O2/c1-8(2)15-19-13(22-20-15)5-4-12(21)18-11-7-10(16)6-9(3)14(11)17/h6-8H,4-5,17H2,1-3H3,(H,18,21). The van der Waals surface area contributed by atoms with Crippen molar-refractivity contribution in [3.05, 3.63) is 33.9 Å². The van der Waals surface area contributed by atoms with Crippen LogP contribution in [0.15, 0.2) is 21.1 Å². The lowest BCUT2D eigenvalue weighted by Crippen LogP contribution is -2.14. The molecule has 0 saturated heterocycles. The van der Waals surface area contributed by atoms with Gasteiger partial charge < -0.3 is 15.6 Å². The Kier molecular flexibility index (Phi) is 5.18. The molecule has 1 aromatic heterocycles.